The monoisotopic (exact) mass is 317 g/mol. The van der Waals surface area contributed by atoms with Crippen molar-refractivity contribution in [1.82, 2.24) is 9.55 Å². The molecule has 5 heteroatoms. The number of hydrogen-bond acceptors (Lipinski definition) is 3. The SMILES string of the molecule is NC(=O)c1nccn1C1Cc2c(cccc2-c2ccccc2)C1=O. The van der Waals surface area contributed by atoms with Crippen molar-refractivity contribution in [3.63, 3.8) is 0 Å². The minimum Gasteiger partial charge on any atom is -0.363 e. The molecule has 2 aromatic carbocycles. The number of benzene rings is 2. The zero-order chi connectivity index (χ0) is 16.7. The Balaban J connectivity index is 1.81. The van der Waals surface area contributed by atoms with Crippen LogP contribution in [0.5, 0.6) is 0 Å². The Kier molecular flexibility index (Phi) is 3.27. The van der Waals surface area contributed by atoms with Crippen LogP contribution in [-0.2, 0) is 6.42 Å². The Labute approximate surface area is 138 Å². The molecule has 0 fully saturated rings. The molecule has 1 heterocycles. The molecule has 0 radical (unpaired) electrons. The summed E-state index contributed by atoms with van der Waals surface area (Å²) in [5, 5.41) is 0. The van der Waals surface area contributed by atoms with Crippen molar-refractivity contribution in [2.75, 3.05) is 0 Å². The van der Waals surface area contributed by atoms with E-state index in [1.54, 1.807) is 10.8 Å². The molecule has 1 aromatic heterocycles. The van der Waals surface area contributed by atoms with Crippen molar-refractivity contribution < 1.29 is 9.59 Å². The molecule has 1 atom stereocenters. The number of amides is 1. The van der Waals surface area contributed by atoms with Crippen LogP contribution in [0.2, 0.25) is 0 Å². The topological polar surface area (TPSA) is 78.0 Å². The molecule has 24 heavy (non-hydrogen) atoms. The van der Waals surface area contributed by atoms with E-state index in [1.807, 2.05) is 48.5 Å². The van der Waals surface area contributed by atoms with Gasteiger partial charge in [-0.25, -0.2) is 4.98 Å². The number of fused-ring (bicyclic) bond motifs is 1. The Morgan fingerprint density at radius 3 is 2.58 bits per heavy atom. The van der Waals surface area contributed by atoms with E-state index in [0.29, 0.717) is 12.0 Å². The molecular weight excluding hydrogens is 302 g/mol. The predicted octanol–water partition coefficient (Wildman–Crippen LogP) is 2.63. The molecule has 5 nitrogen and oxygen atoms in total. The van der Waals surface area contributed by atoms with E-state index in [-0.39, 0.29) is 11.6 Å². The van der Waals surface area contributed by atoms with Crippen molar-refractivity contribution >= 4 is 11.7 Å². The van der Waals surface area contributed by atoms with Gasteiger partial charge < -0.3 is 10.3 Å². The van der Waals surface area contributed by atoms with Gasteiger partial charge in [-0.15, -0.1) is 0 Å². The molecule has 0 aliphatic heterocycles. The summed E-state index contributed by atoms with van der Waals surface area (Å²) in [6.45, 7) is 0. The maximum Gasteiger partial charge on any atom is 0.284 e. The lowest BCUT2D eigenvalue weighted by atomic mass is 9.97. The molecule has 2 N–H and O–H groups in total. The van der Waals surface area contributed by atoms with Crippen LogP contribution < -0.4 is 5.73 Å². The summed E-state index contributed by atoms with van der Waals surface area (Å²) in [5.74, 6) is -0.530. The van der Waals surface area contributed by atoms with Crippen molar-refractivity contribution in [2.45, 2.75) is 12.5 Å². The third-order valence-electron chi connectivity index (χ3n) is 4.45. The number of nitrogens with two attached hydrogens (primary N) is 1. The molecule has 1 aliphatic rings. The van der Waals surface area contributed by atoms with Gasteiger partial charge in [0.1, 0.15) is 6.04 Å². The zero-order valence-corrected chi connectivity index (χ0v) is 12.8. The highest BCUT2D eigenvalue weighted by atomic mass is 16.1. The molecule has 118 valence electrons. The van der Waals surface area contributed by atoms with E-state index < -0.39 is 11.9 Å². The van der Waals surface area contributed by atoms with Gasteiger partial charge in [-0.05, 0) is 16.7 Å². The number of ketones is 1. The maximum atomic E-state index is 12.9. The fourth-order valence-electron chi connectivity index (χ4n) is 3.37. The molecule has 0 bridgehead atoms. The Hall–Kier alpha value is -3.21. The van der Waals surface area contributed by atoms with Gasteiger partial charge in [0.05, 0.1) is 0 Å². The van der Waals surface area contributed by atoms with Crippen LogP contribution in [0.1, 0.15) is 32.6 Å². The van der Waals surface area contributed by atoms with Crippen molar-refractivity contribution in [1.29, 1.82) is 0 Å². The molecule has 1 amide bonds. The number of nitrogens with zero attached hydrogens (tertiary/aromatic N) is 2. The van der Waals surface area contributed by atoms with Crippen LogP contribution >= 0.6 is 0 Å². The highest BCUT2D eigenvalue weighted by Gasteiger charge is 2.35. The van der Waals surface area contributed by atoms with Crippen molar-refractivity contribution in [2.24, 2.45) is 5.73 Å². The summed E-state index contributed by atoms with van der Waals surface area (Å²) in [6, 6.07) is 15.2. The molecule has 4 rings (SSSR count). The van der Waals surface area contributed by atoms with Crippen LogP contribution in [0.25, 0.3) is 11.1 Å². The molecule has 1 unspecified atom stereocenters. The number of hydrogen-bond donors (Lipinski definition) is 1. The first-order valence-corrected chi connectivity index (χ1v) is 7.71. The van der Waals surface area contributed by atoms with Crippen LogP contribution in [-0.4, -0.2) is 21.2 Å². The maximum absolute atomic E-state index is 12.9. The second-order valence-electron chi connectivity index (χ2n) is 5.80. The van der Waals surface area contributed by atoms with Gasteiger partial charge in [0.2, 0.25) is 0 Å². The summed E-state index contributed by atoms with van der Waals surface area (Å²) >= 11 is 0. The average molecular weight is 317 g/mol. The normalized spacial score (nSPS) is 16.2. The van der Waals surface area contributed by atoms with Crippen molar-refractivity contribution in [3.8, 4) is 11.1 Å². The number of aromatic nitrogens is 2. The Morgan fingerprint density at radius 2 is 1.83 bits per heavy atom. The molecule has 0 spiro atoms. The van der Waals surface area contributed by atoms with Gasteiger partial charge in [0.15, 0.2) is 11.6 Å². The van der Waals surface area contributed by atoms with E-state index in [2.05, 4.69) is 4.98 Å². The molecule has 3 aromatic rings. The number of imidazole rings is 1. The molecule has 1 aliphatic carbocycles. The zero-order valence-electron chi connectivity index (χ0n) is 12.8. The first-order chi connectivity index (χ1) is 11.7. The van der Waals surface area contributed by atoms with E-state index in [0.717, 1.165) is 16.7 Å². The number of carbonyl (C=O) groups excluding carboxylic acids is 2. The summed E-state index contributed by atoms with van der Waals surface area (Å²) in [5.41, 5.74) is 9.19. The summed E-state index contributed by atoms with van der Waals surface area (Å²) < 4.78 is 1.58. The van der Waals surface area contributed by atoms with Crippen molar-refractivity contribution in [3.05, 3.63) is 77.9 Å². The number of carbonyl (C=O) groups is 2. The summed E-state index contributed by atoms with van der Waals surface area (Å²) in [6.07, 6.45) is 3.65. The predicted molar refractivity (Wildman–Crippen MR) is 89.7 cm³/mol. The first-order valence-electron chi connectivity index (χ1n) is 7.71. The van der Waals surface area contributed by atoms with Gasteiger partial charge >= 0.3 is 0 Å². The van der Waals surface area contributed by atoms with Crippen LogP contribution in [0.15, 0.2) is 60.9 Å². The summed E-state index contributed by atoms with van der Waals surface area (Å²) in [4.78, 5) is 28.4. The third-order valence-corrected chi connectivity index (χ3v) is 4.45. The van der Waals surface area contributed by atoms with Gasteiger partial charge in [-0.2, -0.15) is 0 Å². The lowest BCUT2D eigenvalue weighted by Crippen LogP contribution is -2.23. The highest BCUT2D eigenvalue weighted by molar-refractivity contribution is 6.05. The van der Waals surface area contributed by atoms with Crippen LogP contribution in [0.3, 0.4) is 0 Å². The Bertz CT molecular complexity index is 944. The third kappa shape index (κ3) is 2.13. The smallest absolute Gasteiger partial charge is 0.284 e. The van der Waals surface area contributed by atoms with Crippen LogP contribution in [0, 0.1) is 0 Å². The largest absolute Gasteiger partial charge is 0.363 e. The van der Waals surface area contributed by atoms with E-state index in [1.165, 1.54) is 6.20 Å². The molecule has 0 saturated heterocycles. The standard InChI is InChI=1S/C19H15N3O2/c20-18(24)19-21-9-10-22(19)16-11-15-13(12-5-2-1-3-6-12)7-4-8-14(15)17(16)23/h1-10,16H,11H2,(H2,20,24). The minimum atomic E-state index is -0.632. The van der Waals surface area contributed by atoms with Crippen LogP contribution in [0.4, 0.5) is 0 Å². The fraction of sp³-hybridized carbons (Fsp3) is 0.105. The lowest BCUT2D eigenvalue weighted by molar-refractivity contribution is 0.0931. The van der Waals surface area contributed by atoms with Gasteiger partial charge in [-0.1, -0.05) is 48.5 Å². The van der Waals surface area contributed by atoms with E-state index in [4.69, 9.17) is 5.73 Å². The van der Waals surface area contributed by atoms with Gasteiger partial charge in [0.25, 0.3) is 5.91 Å². The van der Waals surface area contributed by atoms with E-state index >= 15 is 0 Å². The second kappa shape index (κ2) is 5.45. The van der Waals surface area contributed by atoms with E-state index in [9.17, 15) is 9.59 Å². The first kappa shape index (κ1) is 14.4. The highest BCUT2D eigenvalue weighted by Crippen LogP contribution is 2.37. The van der Waals surface area contributed by atoms with Gasteiger partial charge in [0, 0.05) is 24.4 Å². The average Bonchev–Trinajstić information content (AvgIpc) is 3.20. The lowest BCUT2D eigenvalue weighted by Gasteiger charge is -2.12. The fourth-order valence-corrected chi connectivity index (χ4v) is 3.37. The second-order valence-corrected chi connectivity index (χ2v) is 5.80. The molecule has 0 saturated carbocycles. The quantitative estimate of drug-likeness (QED) is 0.806. The number of rotatable bonds is 3. The van der Waals surface area contributed by atoms with Gasteiger partial charge in [-0.3, -0.25) is 9.59 Å². The Morgan fingerprint density at radius 1 is 1.08 bits per heavy atom. The molecular formula is C19H15N3O2. The minimum absolute atomic E-state index is 0.0109. The summed E-state index contributed by atoms with van der Waals surface area (Å²) in [7, 11) is 0. The number of Topliss-reactive ketones (excluding diaryl/α,β-unsaturated/α-hetero) is 1. The number of primary amides is 1.